The number of hydrogen-bond donors (Lipinski definition) is 1. The SMILES string of the molecule is CN1NN(COc2ccc3ccccc3c2)C=C1C(C)(C)C. The first-order valence-corrected chi connectivity index (χ1v) is 7.54. The van der Waals surface area contributed by atoms with Gasteiger partial charge in [-0.25, -0.2) is 0 Å². The highest BCUT2D eigenvalue weighted by atomic mass is 16.5. The Balaban J connectivity index is 1.68. The van der Waals surface area contributed by atoms with Crippen LogP contribution in [0.25, 0.3) is 10.8 Å². The first-order chi connectivity index (χ1) is 10.4. The summed E-state index contributed by atoms with van der Waals surface area (Å²) in [6, 6.07) is 14.5. The van der Waals surface area contributed by atoms with Crippen molar-refractivity contribution in [2.75, 3.05) is 13.8 Å². The van der Waals surface area contributed by atoms with Crippen LogP contribution in [-0.2, 0) is 0 Å². The molecule has 0 amide bonds. The Bertz CT molecular complexity index is 703. The second kappa shape index (κ2) is 5.54. The van der Waals surface area contributed by atoms with E-state index in [9.17, 15) is 0 Å². The Morgan fingerprint density at radius 3 is 2.45 bits per heavy atom. The van der Waals surface area contributed by atoms with Crippen molar-refractivity contribution < 1.29 is 4.74 Å². The highest BCUT2D eigenvalue weighted by Gasteiger charge is 2.27. The zero-order valence-corrected chi connectivity index (χ0v) is 13.6. The fraction of sp³-hybridized carbons (Fsp3) is 0.333. The number of nitrogens with one attached hydrogen (secondary N) is 1. The molecule has 0 bridgehead atoms. The van der Waals surface area contributed by atoms with Crippen molar-refractivity contribution in [3.05, 3.63) is 54.4 Å². The third kappa shape index (κ3) is 3.02. The van der Waals surface area contributed by atoms with Crippen LogP contribution in [0.2, 0.25) is 0 Å². The molecule has 0 aromatic heterocycles. The largest absolute Gasteiger partial charge is 0.472 e. The van der Waals surface area contributed by atoms with E-state index in [4.69, 9.17) is 4.74 Å². The highest BCUT2D eigenvalue weighted by molar-refractivity contribution is 5.83. The van der Waals surface area contributed by atoms with E-state index >= 15 is 0 Å². The van der Waals surface area contributed by atoms with Gasteiger partial charge in [0.1, 0.15) is 5.75 Å². The summed E-state index contributed by atoms with van der Waals surface area (Å²) in [4.78, 5) is 0. The Morgan fingerprint density at radius 2 is 1.77 bits per heavy atom. The highest BCUT2D eigenvalue weighted by Crippen LogP contribution is 2.29. The van der Waals surface area contributed by atoms with Crippen LogP contribution in [0, 0.1) is 5.41 Å². The monoisotopic (exact) mass is 297 g/mol. The lowest BCUT2D eigenvalue weighted by Crippen LogP contribution is -2.41. The predicted octanol–water partition coefficient (Wildman–Crippen LogP) is 3.73. The summed E-state index contributed by atoms with van der Waals surface area (Å²) < 4.78 is 5.90. The van der Waals surface area contributed by atoms with Crippen LogP contribution >= 0.6 is 0 Å². The molecule has 0 spiro atoms. The lowest BCUT2D eigenvalue weighted by molar-refractivity contribution is 0.0701. The van der Waals surface area contributed by atoms with E-state index in [-0.39, 0.29) is 5.41 Å². The number of nitrogens with zero attached hydrogens (tertiary/aromatic N) is 2. The molecule has 0 saturated carbocycles. The van der Waals surface area contributed by atoms with Crippen LogP contribution in [-0.4, -0.2) is 23.8 Å². The summed E-state index contributed by atoms with van der Waals surface area (Å²) in [6.07, 6.45) is 2.10. The first-order valence-electron chi connectivity index (χ1n) is 7.54. The van der Waals surface area contributed by atoms with Gasteiger partial charge in [0.25, 0.3) is 0 Å². The van der Waals surface area contributed by atoms with Crippen LogP contribution in [0.3, 0.4) is 0 Å². The minimum atomic E-state index is 0.0967. The van der Waals surface area contributed by atoms with Gasteiger partial charge in [-0.2, -0.15) is 0 Å². The van der Waals surface area contributed by atoms with Crippen molar-refractivity contribution in [2.24, 2.45) is 5.41 Å². The molecule has 22 heavy (non-hydrogen) atoms. The molecule has 2 aromatic rings. The molecule has 1 heterocycles. The van der Waals surface area contributed by atoms with Crippen LogP contribution in [0.4, 0.5) is 0 Å². The lowest BCUT2D eigenvalue weighted by Gasteiger charge is -2.27. The van der Waals surface area contributed by atoms with E-state index < -0.39 is 0 Å². The predicted molar refractivity (Wildman–Crippen MR) is 89.7 cm³/mol. The van der Waals surface area contributed by atoms with E-state index in [1.807, 2.05) is 35.3 Å². The molecule has 0 fully saturated rings. The second-order valence-electron chi connectivity index (χ2n) is 6.68. The number of hydrogen-bond acceptors (Lipinski definition) is 4. The van der Waals surface area contributed by atoms with Gasteiger partial charge >= 0.3 is 0 Å². The van der Waals surface area contributed by atoms with Crippen molar-refractivity contribution in [1.29, 1.82) is 0 Å². The normalized spacial score (nSPS) is 15.4. The zero-order chi connectivity index (χ0) is 15.7. The molecular formula is C18H23N3O. The molecule has 0 saturated heterocycles. The van der Waals surface area contributed by atoms with E-state index in [1.165, 1.54) is 16.5 Å². The van der Waals surface area contributed by atoms with E-state index in [1.54, 1.807) is 0 Å². The molecule has 0 radical (unpaired) electrons. The van der Waals surface area contributed by atoms with Gasteiger partial charge < -0.3 is 4.74 Å². The maximum absolute atomic E-state index is 5.90. The van der Waals surface area contributed by atoms with Gasteiger partial charge in [0.15, 0.2) is 6.73 Å². The summed E-state index contributed by atoms with van der Waals surface area (Å²) in [5, 5.41) is 6.40. The van der Waals surface area contributed by atoms with Crippen LogP contribution in [0.1, 0.15) is 20.8 Å². The Morgan fingerprint density at radius 1 is 1.05 bits per heavy atom. The quantitative estimate of drug-likeness (QED) is 0.934. The molecule has 4 heteroatoms. The third-order valence-corrected chi connectivity index (χ3v) is 3.78. The molecule has 0 aliphatic carbocycles. The summed E-state index contributed by atoms with van der Waals surface area (Å²) in [6.45, 7) is 7.06. The molecule has 2 aromatic carbocycles. The van der Waals surface area contributed by atoms with Crippen molar-refractivity contribution >= 4 is 10.8 Å². The van der Waals surface area contributed by atoms with Crippen molar-refractivity contribution in [3.63, 3.8) is 0 Å². The maximum Gasteiger partial charge on any atom is 0.176 e. The van der Waals surface area contributed by atoms with Gasteiger partial charge in [-0.05, 0) is 22.9 Å². The van der Waals surface area contributed by atoms with Crippen LogP contribution in [0.15, 0.2) is 54.4 Å². The lowest BCUT2D eigenvalue weighted by atomic mass is 9.92. The molecule has 1 aliphatic rings. The van der Waals surface area contributed by atoms with Crippen molar-refractivity contribution in [2.45, 2.75) is 20.8 Å². The summed E-state index contributed by atoms with van der Waals surface area (Å²) in [5.41, 5.74) is 4.59. The van der Waals surface area contributed by atoms with Gasteiger partial charge in [0.2, 0.25) is 0 Å². The number of fused-ring (bicyclic) bond motifs is 1. The van der Waals surface area contributed by atoms with E-state index in [0.29, 0.717) is 6.73 Å². The number of ether oxygens (including phenoxy) is 1. The van der Waals surface area contributed by atoms with Crippen LogP contribution < -0.4 is 10.3 Å². The van der Waals surface area contributed by atoms with Gasteiger partial charge in [-0.3, -0.25) is 10.0 Å². The van der Waals surface area contributed by atoms with Gasteiger partial charge in [0, 0.05) is 18.7 Å². The van der Waals surface area contributed by atoms with E-state index in [0.717, 1.165) is 5.75 Å². The Kier molecular flexibility index (Phi) is 3.71. The average molecular weight is 297 g/mol. The fourth-order valence-corrected chi connectivity index (χ4v) is 2.67. The Hall–Kier alpha value is -2.20. The molecule has 0 atom stereocenters. The standard InChI is InChI=1S/C18H23N3O/c1-18(2,3)17-12-21(19-20(17)4)13-22-16-10-9-14-7-5-6-8-15(14)11-16/h5-12,19H,13H2,1-4H3. The topological polar surface area (TPSA) is 27.7 Å². The minimum absolute atomic E-state index is 0.0967. The second-order valence-corrected chi connectivity index (χ2v) is 6.68. The molecule has 4 nitrogen and oxygen atoms in total. The first kappa shape index (κ1) is 14.7. The number of rotatable bonds is 3. The average Bonchev–Trinajstić information content (AvgIpc) is 2.86. The third-order valence-electron chi connectivity index (χ3n) is 3.78. The fourth-order valence-electron chi connectivity index (χ4n) is 2.67. The van der Waals surface area contributed by atoms with Crippen LogP contribution in [0.5, 0.6) is 5.75 Å². The minimum Gasteiger partial charge on any atom is -0.472 e. The summed E-state index contributed by atoms with van der Waals surface area (Å²) >= 11 is 0. The van der Waals surface area contributed by atoms with Gasteiger partial charge in [-0.15, -0.1) is 5.53 Å². The molecule has 1 aliphatic heterocycles. The molecule has 1 N–H and O–H groups in total. The number of benzene rings is 2. The van der Waals surface area contributed by atoms with Gasteiger partial charge in [-0.1, -0.05) is 51.1 Å². The summed E-state index contributed by atoms with van der Waals surface area (Å²) in [5.74, 6) is 0.876. The van der Waals surface area contributed by atoms with E-state index in [2.05, 4.69) is 56.8 Å². The van der Waals surface area contributed by atoms with Crippen molar-refractivity contribution in [1.82, 2.24) is 15.6 Å². The maximum atomic E-state index is 5.90. The van der Waals surface area contributed by atoms with Gasteiger partial charge in [0.05, 0.1) is 5.70 Å². The van der Waals surface area contributed by atoms with Crippen molar-refractivity contribution in [3.8, 4) is 5.75 Å². The smallest absolute Gasteiger partial charge is 0.176 e. The molecular weight excluding hydrogens is 274 g/mol. The summed E-state index contributed by atoms with van der Waals surface area (Å²) in [7, 11) is 2.02. The molecule has 3 rings (SSSR count). The molecule has 0 unspecified atom stereocenters. The molecule has 116 valence electrons. The number of hydrazine groups is 2. The number of allylic oxidation sites excluding steroid dienone is 1. The Labute approximate surface area is 131 Å². The zero-order valence-electron chi connectivity index (χ0n) is 13.6.